The molecular weight excluding hydrogens is 402 g/mol. The third-order valence-corrected chi connectivity index (χ3v) is 5.37. The van der Waals surface area contributed by atoms with Crippen LogP contribution in [0.2, 0.25) is 0 Å². The van der Waals surface area contributed by atoms with Crippen LogP contribution < -0.4 is 4.74 Å². The van der Waals surface area contributed by atoms with Crippen molar-refractivity contribution < 1.29 is 14.3 Å². The molecule has 1 heterocycles. The highest BCUT2D eigenvalue weighted by molar-refractivity contribution is 9.10. The van der Waals surface area contributed by atoms with Crippen LogP contribution in [0, 0.1) is 0 Å². The molecule has 2 aromatic carbocycles. The minimum absolute atomic E-state index is 0.0640. The summed E-state index contributed by atoms with van der Waals surface area (Å²) < 4.78 is 6.80. The van der Waals surface area contributed by atoms with Crippen molar-refractivity contribution in [3.63, 3.8) is 0 Å². The summed E-state index contributed by atoms with van der Waals surface area (Å²) in [6.45, 7) is 2.73. The summed E-state index contributed by atoms with van der Waals surface area (Å²) in [4.78, 5) is 25.1. The molecule has 130 valence electrons. The van der Waals surface area contributed by atoms with E-state index in [4.69, 9.17) is 4.74 Å². The maximum Gasteiger partial charge on any atom is 0.224 e. The van der Waals surface area contributed by atoms with Gasteiger partial charge in [0.1, 0.15) is 11.5 Å². The highest BCUT2D eigenvalue weighted by Crippen LogP contribution is 2.27. The third-order valence-electron chi connectivity index (χ3n) is 3.86. The fraction of sp³-hybridized carbons (Fsp3) is 0.263. The quantitative estimate of drug-likeness (QED) is 0.708. The van der Waals surface area contributed by atoms with E-state index in [9.17, 15) is 9.59 Å². The van der Waals surface area contributed by atoms with Gasteiger partial charge in [0.05, 0.1) is 0 Å². The van der Waals surface area contributed by atoms with Gasteiger partial charge in [-0.1, -0.05) is 39.8 Å². The Morgan fingerprint density at radius 3 is 2.36 bits per heavy atom. The number of nitrogens with zero attached hydrogens (tertiary/aromatic N) is 1. The number of hydrogen-bond acceptors (Lipinski definition) is 4. The number of likely N-dealkylation sites (tertiary alicyclic amines) is 1. The number of carbonyl (C=O) groups is 2. The molecule has 0 radical (unpaired) electrons. The predicted octanol–water partition coefficient (Wildman–Crippen LogP) is 4.62. The predicted molar refractivity (Wildman–Crippen MR) is 103 cm³/mol. The highest BCUT2D eigenvalue weighted by atomic mass is 79.9. The largest absolute Gasteiger partial charge is 0.457 e. The SMILES string of the molecule is CC(=O)S[C@@H]1CC(=O)N(Cc2ccc(Oc3ccc(Br)cc3)cc2)C1. The molecule has 0 aliphatic carbocycles. The maximum atomic E-state index is 12.1. The molecule has 1 aliphatic rings. The first-order valence-electron chi connectivity index (χ1n) is 7.97. The van der Waals surface area contributed by atoms with Crippen molar-refractivity contribution in [2.75, 3.05) is 6.54 Å². The van der Waals surface area contributed by atoms with E-state index in [0.717, 1.165) is 21.5 Å². The summed E-state index contributed by atoms with van der Waals surface area (Å²) in [5, 5.41) is 0.138. The molecule has 25 heavy (non-hydrogen) atoms. The monoisotopic (exact) mass is 419 g/mol. The van der Waals surface area contributed by atoms with E-state index in [2.05, 4.69) is 15.9 Å². The van der Waals surface area contributed by atoms with E-state index in [-0.39, 0.29) is 16.3 Å². The topological polar surface area (TPSA) is 46.6 Å². The molecule has 1 amide bonds. The van der Waals surface area contributed by atoms with Gasteiger partial charge in [-0.05, 0) is 42.0 Å². The number of carbonyl (C=O) groups excluding carboxylic acids is 2. The number of halogens is 1. The van der Waals surface area contributed by atoms with Gasteiger partial charge in [0, 0.05) is 36.2 Å². The lowest BCUT2D eigenvalue weighted by molar-refractivity contribution is -0.128. The Hall–Kier alpha value is -1.79. The minimum Gasteiger partial charge on any atom is -0.457 e. The summed E-state index contributed by atoms with van der Waals surface area (Å²) >= 11 is 4.66. The van der Waals surface area contributed by atoms with Crippen molar-refractivity contribution >= 4 is 38.7 Å². The van der Waals surface area contributed by atoms with Gasteiger partial charge in [-0.25, -0.2) is 0 Å². The van der Waals surface area contributed by atoms with Gasteiger partial charge < -0.3 is 9.64 Å². The van der Waals surface area contributed by atoms with Crippen molar-refractivity contribution in [3.05, 3.63) is 58.6 Å². The number of thioether (sulfide) groups is 1. The zero-order chi connectivity index (χ0) is 17.8. The number of hydrogen-bond donors (Lipinski definition) is 0. The molecule has 1 atom stereocenters. The Morgan fingerprint density at radius 2 is 1.76 bits per heavy atom. The van der Waals surface area contributed by atoms with Crippen LogP contribution in [0.25, 0.3) is 0 Å². The van der Waals surface area contributed by atoms with Crippen LogP contribution in [0.5, 0.6) is 11.5 Å². The molecule has 0 aromatic heterocycles. The molecular formula is C19H18BrNO3S. The van der Waals surface area contributed by atoms with Gasteiger partial charge in [-0.3, -0.25) is 9.59 Å². The molecule has 1 fully saturated rings. The smallest absolute Gasteiger partial charge is 0.224 e. The van der Waals surface area contributed by atoms with Crippen molar-refractivity contribution in [1.29, 1.82) is 0 Å². The molecule has 0 unspecified atom stereocenters. The Balaban J connectivity index is 1.58. The van der Waals surface area contributed by atoms with E-state index in [0.29, 0.717) is 19.5 Å². The molecule has 0 saturated carbocycles. The number of rotatable bonds is 5. The fourth-order valence-corrected chi connectivity index (χ4v) is 3.94. The van der Waals surface area contributed by atoms with E-state index in [1.165, 1.54) is 11.8 Å². The highest BCUT2D eigenvalue weighted by Gasteiger charge is 2.30. The lowest BCUT2D eigenvalue weighted by Gasteiger charge is -2.16. The lowest BCUT2D eigenvalue weighted by atomic mass is 10.2. The van der Waals surface area contributed by atoms with Gasteiger partial charge in [0.25, 0.3) is 0 Å². The zero-order valence-corrected chi connectivity index (χ0v) is 16.2. The summed E-state index contributed by atoms with van der Waals surface area (Å²) in [6.07, 6.45) is 0.439. The average molecular weight is 420 g/mol. The second kappa shape index (κ2) is 8.06. The van der Waals surface area contributed by atoms with Crippen LogP contribution in [0.15, 0.2) is 53.0 Å². The lowest BCUT2D eigenvalue weighted by Crippen LogP contribution is -2.24. The first-order chi connectivity index (χ1) is 12.0. The van der Waals surface area contributed by atoms with Gasteiger partial charge in [0.15, 0.2) is 5.12 Å². The van der Waals surface area contributed by atoms with Crippen molar-refractivity contribution in [3.8, 4) is 11.5 Å². The van der Waals surface area contributed by atoms with Crippen LogP contribution in [-0.4, -0.2) is 27.7 Å². The molecule has 2 aromatic rings. The second-order valence-corrected chi connectivity index (χ2v) is 8.30. The Morgan fingerprint density at radius 1 is 1.16 bits per heavy atom. The van der Waals surface area contributed by atoms with Crippen LogP contribution >= 0.6 is 27.7 Å². The van der Waals surface area contributed by atoms with Crippen LogP contribution in [0.4, 0.5) is 0 Å². The van der Waals surface area contributed by atoms with Crippen LogP contribution in [-0.2, 0) is 16.1 Å². The van der Waals surface area contributed by atoms with E-state index < -0.39 is 0 Å². The zero-order valence-electron chi connectivity index (χ0n) is 13.8. The van der Waals surface area contributed by atoms with Crippen molar-refractivity contribution in [2.45, 2.75) is 25.1 Å². The molecule has 6 heteroatoms. The molecule has 1 saturated heterocycles. The third kappa shape index (κ3) is 5.09. The Kier molecular flexibility index (Phi) is 5.81. The summed E-state index contributed by atoms with van der Waals surface area (Å²) in [6, 6.07) is 15.4. The van der Waals surface area contributed by atoms with E-state index in [1.807, 2.05) is 53.4 Å². The first-order valence-corrected chi connectivity index (χ1v) is 9.64. The standard InChI is InChI=1S/C19H18BrNO3S/c1-13(22)25-18-10-19(23)21(12-18)11-14-2-6-16(7-3-14)24-17-8-4-15(20)5-9-17/h2-9,18H,10-12H2,1H3/t18-/m1/s1. The average Bonchev–Trinajstić information content (AvgIpc) is 2.90. The fourth-order valence-electron chi connectivity index (χ4n) is 2.72. The van der Waals surface area contributed by atoms with E-state index >= 15 is 0 Å². The summed E-state index contributed by atoms with van der Waals surface area (Å²) in [7, 11) is 0. The minimum atomic E-state index is 0.0640. The number of amides is 1. The first kappa shape index (κ1) is 18.0. The molecule has 3 rings (SSSR count). The van der Waals surface area contributed by atoms with Crippen molar-refractivity contribution in [1.82, 2.24) is 4.90 Å². The number of benzene rings is 2. The Bertz CT molecular complexity index is 761. The molecule has 4 nitrogen and oxygen atoms in total. The number of ether oxygens (including phenoxy) is 1. The second-order valence-electron chi connectivity index (χ2n) is 5.91. The maximum absolute atomic E-state index is 12.1. The van der Waals surface area contributed by atoms with Gasteiger partial charge in [0.2, 0.25) is 5.91 Å². The van der Waals surface area contributed by atoms with E-state index in [1.54, 1.807) is 6.92 Å². The van der Waals surface area contributed by atoms with Gasteiger partial charge >= 0.3 is 0 Å². The molecule has 0 N–H and O–H groups in total. The Labute approximate surface area is 159 Å². The van der Waals surface area contributed by atoms with Gasteiger partial charge in [-0.15, -0.1) is 0 Å². The van der Waals surface area contributed by atoms with Crippen LogP contribution in [0.3, 0.4) is 0 Å². The molecule has 1 aliphatic heterocycles. The van der Waals surface area contributed by atoms with Gasteiger partial charge in [-0.2, -0.15) is 0 Å². The molecule has 0 spiro atoms. The van der Waals surface area contributed by atoms with Crippen molar-refractivity contribution in [2.24, 2.45) is 0 Å². The normalized spacial score (nSPS) is 17.0. The summed E-state index contributed by atoms with van der Waals surface area (Å²) in [5.41, 5.74) is 1.05. The molecule has 0 bridgehead atoms. The van der Waals surface area contributed by atoms with Crippen LogP contribution in [0.1, 0.15) is 18.9 Å². The summed E-state index contributed by atoms with van der Waals surface area (Å²) in [5.74, 6) is 1.63.